The lowest BCUT2D eigenvalue weighted by Gasteiger charge is -2.49. The average Bonchev–Trinajstić information content (AvgIpc) is 3.29. The highest BCUT2D eigenvalue weighted by Gasteiger charge is 2.53. The molecule has 0 bridgehead atoms. The van der Waals surface area contributed by atoms with E-state index in [-0.39, 0.29) is 34.7 Å². The van der Waals surface area contributed by atoms with Gasteiger partial charge < -0.3 is 5.32 Å². The molecule has 1 fully saturated rings. The van der Waals surface area contributed by atoms with Gasteiger partial charge in [-0.25, -0.2) is 0 Å². The van der Waals surface area contributed by atoms with Gasteiger partial charge in [-0.05, 0) is 23.6 Å². The lowest BCUT2D eigenvalue weighted by atomic mass is 10.0. The van der Waals surface area contributed by atoms with Crippen LogP contribution in [0, 0.1) is 0 Å². The van der Waals surface area contributed by atoms with Crippen molar-refractivity contribution in [1.29, 1.82) is 0 Å². The van der Waals surface area contributed by atoms with E-state index in [4.69, 9.17) is 0 Å². The molecule has 2 amide bonds. The van der Waals surface area contributed by atoms with Crippen LogP contribution in [0.4, 0.5) is 0 Å². The third kappa shape index (κ3) is 3.71. The maximum absolute atomic E-state index is 12.9. The van der Waals surface area contributed by atoms with E-state index in [1.807, 2.05) is 35.7 Å². The molecular weight excluding hydrogens is 485 g/mol. The topological polar surface area (TPSA) is 83.6 Å². The highest BCUT2D eigenvalue weighted by Crippen LogP contribution is 2.44. The van der Waals surface area contributed by atoms with Crippen molar-refractivity contribution >= 4 is 79.7 Å². The Balaban J connectivity index is 1.44. The zero-order chi connectivity index (χ0) is 22.4. The molecule has 2 aliphatic rings. The van der Waals surface area contributed by atoms with Crippen LogP contribution >= 0.6 is 47.1 Å². The molecule has 1 unspecified atom stereocenters. The van der Waals surface area contributed by atoms with E-state index in [9.17, 15) is 19.2 Å². The molecule has 1 saturated heterocycles. The minimum absolute atomic E-state index is 0.131. The molecule has 0 saturated carbocycles. The maximum Gasteiger partial charge on any atom is 0.253 e. The van der Waals surface area contributed by atoms with Crippen LogP contribution in [0.1, 0.15) is 9.75 Å². The molecule has 4 heterocycles. The highest BCUT2D eigenvalue weighted by molar-refractivity contribution is 8.00. The van der Waals surface area contributed by atoms with Crippen molar-refractivity contribution in [3.05, 3.63) is 73.5 Å². The molecule has 32 heavy (non-hydrogen) atoms. The van der Waals surface area contributed by atoms with Crippen LogP contribution in [-0.4, -0.2) is 39.0 Å². The van der Waals surface area contributed by atoms with Crippen molar-refractivity contribution in [2.45, 2.75) is 17.8 Å². The third-order valence-electron chi connectivity index (χ3n) is 5.33. The number of fused-ring (bicyclic) bond motifs is 2. The Morgan fingerprint density at radius 3 is 2.72 bits per heavy atom. The van der Waals surface area contributed by atoms with Crippen LogP contribution in [0.2, 0.25) is 0 Å². The predicted octanol–water partition coefficient (Wildman–Crippen LogP) is 3.13. The van der Waals surface area contributed by atoms with E-state index in [0.29, 0.717) is 21.6 Å². The summed E-state index contributed by atoms with van der Waals surface area (Å²) < 4.78 is 0.814. The van der Waals surface area contributed by atoms with E-state index in [0.717, 1.165) is 9.58 Å². The summed E-state index contributed by atoms with van der Waals surface area (Å²) in [6.45, 7) is 0. The van der Waals surface area contributed by atoms with Crippen molar-refractivity contribution in [1.82, 2.24) is 10.2 Å². The van der Waals surface area contributed by atoms with E-state index in [1.165, 1.54) is 45.4 Å². The summed E-state index contributed by atoms with van der Waals surface area (Å²) in [6, 6.07) is 11.9. The van der Waals surface area contributed by atoms with Gasteiger partial charge in [-0.1, -0.05) is 30.8 Å². The van der Waals surface area contributed by atoms with Gasteiger partial charge in [0.05, 0.1) is 6.42 Å². The number of hydrogen-bond acceptors (Lipinski definition) is 7. The standard InChI is InChI=1S/C22H16N2O4S4/c25-14-9-16(32-15-6-2-1-5-12(14)15)13-10-31-21-18(20(27)24(21)19(13)22(28)29)23-17(26)8-11-4-3-7-30-11/h1-7,9,18,21H,8,10H2,(H,23,26)(H,28,29)/t18?,21-/m1/s1. The zero-order valence-corrected chi connectivity index (χ0v) is 19.8. The number of carbonyl (C=O) groups is 3. The Morgan fingerprint density at radius 2 is 1.97 bits per heavy atom. The first-order chi connectivity index (χ1) is 15.4. The third-order valence-corrected chi connectivity index (χ3v) is 8.86. The smallest absolute Gasteiger partial charge is 0.253 e. The lowest BCUT2D eigenvalue weighted by molar-refractivity contribution is -0.146. The minimum Gasteiger partial charge on any atom is -0.341 e. The van der Waals surface area contributed by atoms with Crippen molar-refractivity contribution in [3.8, 4) is 0 Å². The van der Waals surface area contributed by atoms with E-state index in [2.05, 4.69) is 17.9 Å². The maximum atomic E-state index is 12.9. The van der Waals surface area contributed by atoms with Crippen molar-refractivity contribution in [2.24, 2.45) is 0 Å². The number of β-lactam (4-membered cyclic amide) rings is 1. The fourth-order valence-electron chi connectivity index (χ4n) is 3.86. The summed E-state index contributed by atoms with van der Waals surface area (Å²) in [5.74, 6) is -0.140. The molecule has 2 aliphatic heterocycles. The van der Waals surface area contributed by atoms with E-state index < -0.39 is 11.2 Å². The number of thiophene rings is 1. The van der Waals surface area contributed by atoms with Crippen molar-refractivity contribution in [2.75, 3.05) is 5.75 Å². The van der Waals surface area contributed by atoms with Gasteiger partial charge in [-0.2, -0.15) is 0 Å². The summed E-state index contributed by atoms with van der Waals surface area (Å²) in [4.78, 5) is 53.3. The molecule has 2 aromatic heterocycles. The van der Waals surface area contributed by atoms with Gasteiger partial charge in [-0.3, -0.25) is 24.1 Å². The number of nitrogens with one attached hydrogen (secondary N) is 1. The Morgan fingerprint density at radius 1 is 1.16 bits per heavy atom. The molecule has 10 heteroatoms. The number of thioether (sulfide) groups is 1. The zero-order valence-electron chi connectivity index (χ0n) is 16.4. The van der Waals surface area contributed by atoms with Crippen molar-refractivity contribution in [3.63, 3.8) is 0 Å². The molecule has 0 spiro atoms. The first-order valence-corrected chi connectivity index (χ1v) is 12.9. The summed E-state index contributed by atoms with van der Waals surface area (Å²) >= 11 is 8.38. The Labute approximate surface area is 200 Å². The largest absolute Gasteiger partial charge is 0.341 e. The van der Waals surface area contributed by atoms with Crippen LogP contribution in [0.5, 0.6) is 0 Å². The fourth-order valence-corrected chi connectivity index (χ4v) is 7.38. The number of thiol groups is 1. The summed E-state index contributed by atoms with van der Waals surface area (Å²) in [5.41, 5.74) is 0.682. The van der Waals surface area contributed by atoms with Crippen LogP contribution in [0.3, 0.4) is 0 Å². The number of rotatable bonds is 5. The Bertz CT molecular complexity index is 1350. The molecular formula is C22H16N2O4S4. The first kappa shape index (κ1) is 21.4. The number of benzene rings is 1. The minimum atomic E-state index is -0.688. The normalized spacial score (nSPS) is 20.2. The summed E-state index contributed by atoms with van der Waals surface area (Å²) in [7, 11) is 0. The second-order valence-electron chi connectivity index (χ2n) is 7.31. The average molecular weight is 501 g/mol. The molecule has 1 aromatic carbocycles. The number of amides is 2. The number of carbonyl (C=O) groups excluding carboxylic acids is 3. The van der Waals surface area contributed by atoms with Crippen molar-refractivity contribution < 1.29 is 14.4 Å². The van der Waals surface area contributed by atoms with Gasteiger partial charge in [0.15, 0.2) is 5.43 Å². The Kier molecular flexibility index (Phi) is 5.70. The molecule has 0 radical (unpaired) electrons. The van der Waals surface area contributed by atoms with E-state index in [1.54, 1.807) is 6.07 Å². The monoisotopic (exact) mass is 500 g/mol. The fraction of sp³-hybridized carbons (Fsp3) is 0.182. The van der Waals surface area contributed by atoms with Crippen LogP contribution in [-0.2, 0) is 20.8 Å². The SMILES string of the molecule is O=C(Cc1cccs1)NC1C(=O)N2C(C(=O)S)=C(c3cc(=O)c4ccccc4s3)CS[C@H]12. The quantitative estimate of drug-likeness (QED) is 0.416. The van der Waals surface area contributed by atoms with Crippen LogP contribution in [0.15, 0.2) is 58.3 Å². The van der Waals surface area contributed by atoms with Gasteiger partial charge in [0.1, 0.15) is 17.1 Å². The lowest BCUT2D eigenvalue weighted by Crippen LogP contribution is -2.70. The van der Waals surface area contributed by atoms with Gasteiger partial charge in [0.25, 0.3) is 5.91 Å². The Hall–Kier alpha value is -2.40. The van der Waals surface area contributed by atoms with Crippen LogP contribution < -0.4 is 10.7 Å². The predicted molar refractivity (Wildman–Crippen MR) is 132 cm³/mol. The molecule has 3 aromatic rings. The van der Waals surface area contributed by atoms with E-state index >= 15 is 0 Å². The van der Waals surface area contributed by atoms with Gasteiger partial charge in [0, 0.05) is 37.2 Å². The second kappa shape index (κ2) is 8.51. The first-order valence-electron chi connectivity index (χ1n) is 9.70. The van der Waals surface area contributed by atoms with Gasteiger partial charge in [-0.15, -0.1) is 34.4 Å². The molecule has 0 aliphatic carbocycles. The number of hydrogen-bond donors (Lipinski definition) is 2. The molecule has 5 rings (SSSR count). The molecule has 6 nitrogen and oxygen atoms in total. The highest BCUT2D eigenvalue weighted by atomic mass is 32.2. The van der Waals surface area contributed by atoms with Gasteiger partial charge in [0.2, 0.25) is 11.0 Å². The number of nitrogens with zero attached hydrogens (tertiary/aromatic N) is 1. The summed E-state index contributed by atoms with van der Waals surface area (Å²) in [6.07, 6.45) is 0.212. The molecule has 1 N–H and O–H groups in total. The molecule has 162 valence electrons. The molecule has 2 atom stereocenters. The second-order valence-corrected chi connectivity index (χ2v) is 10.9. The van der Waals surface area contributed by atoms with Crippen LogP contribution in [0.25, 0.3) is 15.7 Å². The van der Waals surface area contributed by atoms with Gasteiger partial charge >= 0.3 is 0 Å². The summed E-state index contributed by atoms with van der Waals surface area (Å²) in [5, 5.41) is 4.41.